The monoisotopic (exact) mass is 262 g/mol. The molecule has 106 valence electrons. The summed E-state index contributed by atoms with van der Waals surface area (Å²) in [5, 5.41) is 0. The normalized spacial score (nSPS) is 18.6. The van der Waals surface area contributed by atoms with E-state index in [4.69, 9.17) is 5.73 Å². The smallest absolute Gasteiger partial charge is 0.130 e. The van der Waals surface area contributed by atoms with Crippen molar-refractivity contribution >= 4 is 5.82 Å². The first-order chi connectivity index (χ1) is 9.15. The van der Waals surface area contributed by atoms with Crippen molar-refractivity contribution in [3.8, 4) is 0 Å². The molecular weight excluding hydrogens is 236 g/mol. The standard InChI is InChI=1S/C15H26N4/c1-4-8-19(9-5-2)12-6-7-14-13(10-12)15(16)18-11(3)17-14/h12H,4-10H2,1-3H3,(H2,16,17,18). The molecule has 0 spiro atoms. The van der Waals surface area contributed by atoms with Gasteiger partial charge in [-0.3, -0.25) is 0 Å². The Kier molecular flexibility index (Phi) is 4.75. The maximum absolute atomic E-state index is 6.08. The van der Waals surface area contributed by atoms with Gasteiger partial charge in [0.25, 0.3) is 0 Å². The molecule has 1 aliphatic rings. The second-order valence-corrected chi connectivity index (χ2v) is 5.51. The lowest BCUT2D eigenvalue weighted by Crippen LogP contribution is -2.40. The Morgan fingerprint density at radius 3 is 2.53 bits per heavy atom. The average molecular weight is 262 g/mol. The number of hydrogen-bond donors (Lipinski definition) is 1. The quantitative estimate of drug-likeness (QED) is 0.885. The number of aryl methyl sites for hydroxylation is 2. The maximum atomic E-state index is 6.08. The van der Waals surface area contributed by atoms with E-state index in [-0.39, 0.29) is 0 Å². The van der Waals surface area contributed by atoms with Crippen LogP contribution in [0.2, 0.25) is 0 Å². The van der Waals surface area contributed by atoms with Crippen LogP contribution in [0, 0.1) is 6.92 Å². The topological polar surface area (TPSA) is 55.0 Å². The van der Waals surface area contributed by atoms with Crippen molar-refractivity contribution in [3.05, 3.63) is 17.1 Å². The van der Waals surface area contributed by atoms with Gasteiger partial charge in [0, 0.05) is 17.3 Å². The Morgan fingerprint density at radius 1 is 1.21 bits per heavy atom. The Morgan fingerprint density at radius 2 is 1.89 bits per heavy atom. The molecule has 1 aromatic heterocycles. The summed E-state index contributed by atoms with van der Waals surface area (Å²) >= 11 is 0. The third kappa shape index (κ3) is 3.24. The Bertz CT molecular complexity index is 424. The molecule has 0 aliphatic heterocycles. The third-order valence-corrected chi connectivity index (χ3v) is 3.93. The number of hydrogen-bond acceptors (Lipinski definition) is 4. The number of fused-ring (bicyclic) bond motifs is 1. The molecule has 1 aliphatic carbocycles. The molecule has 1 unspecified atom stereocenters. The summed E-state index contributed by atoms with van der Waals surface area (Å²) in [6.07, 6.45) is 5.67. The summed E-state index contributed by atoms with van der Waals surface area (Å²) in [4.78, 5) is 11.5. The zero-order valence-corrected chi connectivity index (χ0v) is 12.4. The van der Waals surface area contributed by atoms with Crippen LogP contribution in [-0.2, 0) is 12.8 Å². The van der Waals surface area contributed by atoms with Crippen LogP contribution in [-0.4, -0.2) is 34.0 Å². The van der Waals surface area contributed by atoms with Gasteiger partial charge in [-0.05, 0) is 52.1 Å². The third-order valence-electron chi connectivity index (χ3n) is 3.93. The van der Waals surface area contributed by atoms with Crippen LogP contribution in [0.3, 0.4) is 0 Å². The van der Waals surface area contributed by atoms with Crippen LogP contribution < -0.4 is 5.73 Å². The van der Waals surface area contributed by atoms with Crippen molar-refractivity contribution in [2.75, 3.05) is 18.8 Å². The molecule has 0 radical (unpaired) electrons. The highest BCUT2D eigenvalue weighted by molar-refractivity contribution is 5.44. The highest BCUT2D eigenvalue weighted by Gasteiger charge is 2.26. The Balaban J connectivity index is 2.16. The Labute approximate surface area is 116 Å². The van der Waals surface area contributed by atoms with E-state index in [1.165, 1.54) is 43.6 Å². The molecule has 1 aromatic rings. The molecule has 0 saturated heterocycles. The van der Waals surface area contributed by atoms with Crippen molar-refractivity contribution in [2.24, 2.45) is 0 Å². The first kappa shape index (κ1) is 14.3. The molecule has 0 fully saturated rings. The molecular formula is C15H26N4. The molecule has 1 atom stereocenters. The summed E-state index contributed by atoms with van der Waals surface area (Å²) in [7, 11) is 0. The van der Waals surface area contributed by atoms with Gasteiger partial charge in [0.2, 0.25) is 0 Å². The first-order valence-electron chi connectivity index (χ1n) is 7.51. The average Bonchev–Trinajstić information content (AvgIpc) is 2.38. The van der Waals surface area contributed by atoms with E-state index in [9.17, 15) is 0 Å². The minimum Gasteiger partial charge on any atom is -0.383 e. The van der Waals surface area contributed by atoms with Crippen molar-refractivity contribution in [1.82, 2.24) is 14.9 Å². The molecule has 4 heteroatoms. The highest BCUT2D eigenvalue weighted by Crippen LogP contribution is 2.27. The number of rotatable bonds is 5. The molecule has 2 rings (SSSR count). The lowest BCUT2D eigenvalue weighted by molar-refractivity contribution is 0.179. The van der Waals surface area contributed by atoms with E-state index in [0.717, 1.165) is 18.7 Å². The number of nitrogen functional groups attached to an aromatic ring is 1. The molecule has 1 heterocycles. The van der Waals surface area contributed by atoms with Crippen LogP contribution in [0.4, 0.5) is 5.82 Å². The molecule has 2 N–H and O–H groups in total. The summed E-state index contributed by atoms with van der Waals surface area (Å²) in [5.74, 6) is 1.49. The van der Waals surface area contributed by atoms with Crippen molar-refractivity contribution in [3.63, 3.8) is 0 Å². The van der Waals surface area contributed by atoms with E-state index < -0.39 is 0 Å². The van der Waals surface area contributed by atoms with Crippen LogP contribution >= 0.6 is 0 Å². The Hall–Kier alpha value is -1.16. The molecule has 0 aromatic carbocycles. The van der Waals surface area contributed by atoms with Gasteiger partial charge >= 0.3 is 0 Å². The van der Waals surface area contributed by atoms with Gasteiger partial charge in [0.15, 0.2) is 0 Å². The van der Waals surface area contributed by atoms with E-state index in [1.54, 1.807) is 0 Å². The molecule has 0 amide bonds. The minimum absolute atomic E-state index is 0.612. The lowest BCUT2D eigenvalue weighted by Gasteiger charge is -2.34. The van der Waals surface area contributed by atoms with Gasteiger partial charge < -0.3 is 10.6 Å². The van der Waals surface area contributed by atoms with Gasteiger partial charge in [-0.25, -0.2) is 9.97 Å². The van der Waals surface area contributed by atoms with E-state index >= 15 is 0 Å². The van der Waals surface area contributed by atoms with E-state index in [0.29, 0.717) is 11.9 Å². The predicted molar refractivity (Wildman–Crippen MR) is 79.1 cm³/mol. The minimum atomic E-state index is 0.612. The van der Waals surface area contributed by atoms with Crippen LogP contribution in [0.25, 0.3) is 0 Å². The van der Waals surface area contributed by atoms with Crippen molar-refractivity contribution in [2.45, 2.75) is 58.9 Å². The first-order valence-corrected chi connectivity index (χ1v) is 7.51. The summed E-state index contributed by atoms with van der Waals surface area (Å²) in [6, 6.07) is 0.612. The second kappa shape index (κ2) is 6.33. The fourth-order valence-corrected chi connectivity index (χ4v) is 3.11. The zero-order chi connectivity index (χ0) is 13.8. The second-order valence-electron chi connectivity index (χ2n) is 5.51. The molecule has 0 bridgehead atoms. The highest BCUT2D eigenvalue weighted by atomic mass is 15.2. The van der Waals surface area contributed by atoms with E-state index in [2.05, 4.69) is 28.7 Å². The number of aromatic nitrogens is 2. The van der Waals surface area contributed by atoms with E-state index in [1.807, 2.05) is 6.92 Å². The maximum Gasteiger partial charge on any atom is 0.130 e. The number of nitrogens with two attached hydrogens (primary N) is 1. The lowest BCUT2D eigenvalue weighted by atomic mass is 9.90. The van der Waals surface area contributed by atoms with Crippen molar-refractivity contribution < 1.29 is 0 Å². The molecule has 19 heavy (non-hydrogen) atoms. The fraction of sp³-hybridized carbons (Fsp3) is 0.733. The number of nitrogens with zero attached hydrogens (tertiary/aromatic N) is 3. The summed E-state index contributed by atoms with van der Waals surface area (Å²) in [6.45, 7) is 8.78. The van der Waals surface area contributed by atoms with Crippen molar-refractivity contribution in [1.29, 1.82) is 0 Å². The predicted octanol–water partition coefficient (Wildman–Crippen LogP) is 2.35. The van der Waals surface area contributed by atoms with Crippen LogP contribution in [0.5, 0.6) is 0 Å². The van der Waals surface area contributed by atoms with Gasteiger partial charge in [-0.15, -0.1) is 0 Å². The van der Waals surface area contributed by atoms with Crippen LogP contribution in [0.15, 0.2) is 0 Å². The van der Waals surface area contributed by atoms with Gasteiger partial charge in [0.05, 0.1) is 0 Å². The largest absolute Gasteiger partial charge is 0.383 e. The zero-order valence-electron chi connectivity index (χ0n) is 12.4. The number of anilines is 1. The molecule has 4 nitrogen and oxygen atoms in total. The summed E-state index contributed by atoms with van der Waals surface area (Å²) < 4.78 is 0. The van der Waals surface area contributed by atoms with Gasteiger partial charge in [-0.1, -0.05) is 13.8 Å². The van der Waals surface area contributed by atoms with Crippen LogP contribution in [0.1, 0.15) is 50.2 Å². The summed E-state index contributed by atoms with van der Waals surface area (Å²) in [5.41, 5.74) is 8.45. The molecule has 0 saturated carbocycles. The fourth-order valence-electron chi connectivity index (χ4n) is 3.11. The SMILES string of the molecule is CCCN(CCC)C1CCc2nc(C)nc(N)c2C1. The van der Waals surface area contributed by atoms with Gasteiger partial charge in [0.1, 0.15) is 11.6 Å². The van der Waals surface area contributed by atoms with Gasteiger partial charge in [-0.2, -0.15) is 0 Å².